The van der Waals surface area contributed by atoms with Crippen molar-refractivity contribution < 1.29 is 5.11 Å². The van der Waals surface area contributed by atoms with Gasteiger partial charge in [-0.05, 0) is 50.6 Å². The number of allylic oxidation sites excluding steroid dienone is 3. The Labute approximate surface area is 119 Å². The van der Waals surface area contributed by atoms with Crippen molar-refractivity contribution in [2.24, 2.45) is 5.41 Å². The Hall–Kier alpha value is -0.760. The maximum atomic E-state index is 10.4. The van der Waals surface area contributed by atoms with Gasteiger partial charge in [-0.1, -0.05) is 32.9 Å². The topological polar surface area (TPSA) is 23.5 Å². The summed E-state index contributed by atoms with van der Waals surface area (Å²) in [5.41, 5.74) is 1.43. The molecule has 0 saturated carbocycles. The smallest absolute Gasteiger partial charge is 0.0927 e. The molecule has 0 saturated heterocycles. The van der Waals surface area contributed by atoms with Crippen LogP contribution in [0.25, 0.3) is 0 Å². The lowest BCUT2D eigenvalue weighted by molar-refractivity contribution is 0.244. The van der Waals surface area contributed by atoms with Gasteiger partial charge in [0.2, 0.25) is 0 Å². The average Bonchev–Trinajstić information content (AvgIpc) is 2.39. The van der Waals surface area contributed by atoms with Crippen LogP contribution < -0.4 is 0 Å². The normalized spacial score (nSPS) is 26.1. The Morgan fingerprint density at radius 2 is 2.00 bits per heavy atom. The summed E-state index contributed by atoms with van der Waals surface area (Å²) < 4.78 is 0. The second-order valence-corrected chi connectivity index (χ2v) is 6.64. The summed E-state index contributed by atoms with van der Waals surface area (Å²) in [7, 11) is 0. The first kappa shape index (κ1) is 16.3. The number of hydrogen-bond acceptors (Lipinski definition) is 2. The van der Waals surface area contributed by atoms with Crippen molar-refractivity contribution >= 4 is 0 Å². The third kappa shape index (κ3) is 5.40. The number of aliphatic hydroxyl groups is 1. The quantitative estimate of drug-likeness (QED) is 0.746. The second-order valence-electron chi connectivity index (χ2n) is 6.64. The minimum Gasteiger partial charge on any atom is -0.512 e. The van der Waals surface area contributed by atoms with E-state index in [0.29, 0.717) is 11.8 Å². The number of rotatable bonds is 4. The van der Waals surface area contributed by atoms with Gasteiger partial charge in [0.1, 0.15) is 0 Å². The number of likely N-dealkylation sites (N-methyl/N-ethyl adjacent to an activating group) is 1. The predicted octanol–water partition coefficient (Wildman–Crippen LogP) is 4.69. The molecule has 1 rings (SSSR count). The average molecular weight is 265 g/mol. The Morgan fingerprint density at radius 3 is 2.58 bits per heavy atom. The Morgan fingerprint density at radius 1 is 1.32 bits per heavy atom. The molecule has 0 heterocycles. The highest BCUT2D eigenvalue weighted by Crippen LogP contribution is 2.29. The van der Waals surface area contributed by atoms with Gasteiger partial charge in [-0.15, -0.1) is 0 Å². The fraction of sp³-hybridized carbons (Fsp3) is 0.765. The van der Waals surface area contributed by atoms with E-state index >= 15 is 0 Å². The second kappa shape index (κ2) is 7.14. The van der Waals surface area contributed by atoms with E-state index in [1.54, 1.807) is 0 Å². The van der Waals surface area contributed by atoms with Crippen LogP contribution >= 0.6 is 0 Å². The van der Waals surface area contributed by atoms with E-state index in [-0.39, 0.29) is 5.41 Å². The van der Waals surface area contributed by atoms with Gasteiger partial charge in [0.15, 0.2) is 0 Å². The van der Waals surface area contributed by atoms with Gasteiger partial charge in [-0.2, -0.15) is 0 Å². The number of nitrogens with zero attached hydrogens (tertiary/aromatic N) is 1. The van der Waals surface area contributed by atoms with Gasteiger partial charge in [0, 0.05) is 19.0 Å². The molecule has 1 aliphatic rings. The molecule has 0 aromatic heterocycles. The van der Waals surface area contributed by atoms with Crippen molar-refractivity contribution in [3.63, 3.8) is 0 Å². The molecule has 110 valence electrons. The van der Waals surface area contributed by atoms with Crippen LogP contribution in [0.5, 0.6) is 0 Å². The number of aliphatic hydroxyl groups excluding tert-OH is 1. The molecule has 0 aromatic carbocycles. The Balaban J connectivity index is 2.80. The zero-order valence-corrected chi connectivity index (χ0v) is 13.4. The highest BCUT2D eigenvalue weighted by Gasteiger charge is 2.19. The van der Waals surface area contributed by atoms with E-state index in [0.717, 1.165) is 38.8 Å². The van der Waals surface area contributed by atoms with Crippen LogP contribution in [-0.4, -0.2) is 29.1 Å². The van der Waals surface area contributed by atoms with Crippen molar-refractivity contribution in [3.05, 3.63) is 23.5 Å². The van der Waals surface area contributed by atoms with Crippen molar-refractivity contribution in [2.45, 2.75) is 66.3 Å². The van der Waals surface area contributed by atoms with Gasteiger partial charge in [-0.3, -0.25) is 4.90 Å². The maximum Gasteiger partial charge on any atom is 0.0927 e. The van der Waals surface area contributed by atoms with Gasteiger partial charge in [-0.25, -0.2) is 0 Å². The molecule has 2 heteroatoms. The van der Waals surface area contributed by atoms with Crippen LogP contribution in [0.15, 0.2) is 23.5 Å². The third-order valence-corrected chi connectivity index (χ3v) is 4.13. The largest absolute Gasteiger partial charge is 0.512 e. The zero-order chi connectivity index (χ0) is 14.5. The molecule has 2 nitrogen and oxygen atoms in total. The van der Waals surface area contributed by atoms with E-state index in [1.165, 1.54) is 5.57 Å². The van der Waals surface area contributed by atoms with Crippen molar-refractivity contribution in [3.8, 4) is 0 Å². The molecule has 0 amide bonds. The fourth-order valence-corrected chi connectivity index (χ4v) is 2.58. The van der Waals surface area contributed by atoms with E-state index in [9.17, 15) is 5.11 Å². The van der Waals surface area contributed by atoms with Crippen LogP contribution in [-0.2, 0) is 0 Å². The molecule has 0 aromatic rings. The first-order valence-electron chi connectivity index (χ1n) is 7.67. The molecule has 0 atom stereocenters. The molecule has 0 radical (unpaired) electrons. The molecule has 0 unspecified atom stereocenters. The fourth-order valence-electron chi connectivity index (χ4n) is 2.58. The standard InChI is InChI=1S/C17H31NO/c1-6-18(14(2)3)13-15-9-7-8-11-17(4,5)12-10-16(15)19/h8,11,14,19H,6-7,9-10,12-13H2,1-5H3/b11-8-,16-15-. The molecule has 0 fully saturated rings. The summed E-state index contributed by atoms with van der Waals surface area (Å²) in [6, 6.07) is 0.532. The SMILES string of the molecule is CCN(C/C1=C(\O)CCC(C)(C)/C=C\CC1)C(C)C. The van der Waals surface area contributed by atoms with Gasteiger partial charge < -0.3 is 5.11 Å². The van der Waals surface area contributed by atoms with E-state index < -0.39 is 0 Å². The van der Waals surface area contributed by atoms with Crippen LogP contribution in [0.1, 0.15) is 60.3 Å². The molecule has 19 heavy (non-hydrogen) atoms. The molecule has 1 N–H and O–H groups in total. The lowest BCUT2D eigenvalue weighted by Crippen LogP contribution is -2.32. The molecular weight excluding hydrogens is 234 g/mol. The summed E-state index contributed by atoms with van der Waals surface area (Å²) in [6.07, 6.45) is 8.45. The van der Waals surface area contributed by atoms with E-state index in [4.69, 9.17) is 0 Å². The summed E-state index contributed by atoms with van der Waals surface area (Å²) in [5, 5.41) is 10.4. The summed E-state index contributed by atoms with van der Waals surface area (Å²) in [5.74, 6) is 0.635. The first-order valence-corrected chi connectivity index (χ1v) is 7.67. The molecule has 0 spiro atoms. The highest BCUT2D eigenvalue weighted by atomic mass is 16.3. The van der Waals surface area contributed by atoms with Gasteiger partial charge in [0.05, 0.1) is 5.76 Å². The molecular formula is C17H31NO. The summed E-state index contributed by atoms with van der Waals surface area (Å²) >= 11 is 0. The highest BCUT2D eigenvalue weighted by molar-refractivity contribution is 5.14. The van der Waals surface area contributed by atoms with E-state index in [1.807, 2.05) is 0 Å². The lowest BCUT2D eigenvalue weighted by Gasteiger charge is -2.26. The maximum absolute atomic E-state index is 10.4. The first-order chi connectivity index (χ1) is 8.85. The van der Waals surface area contributed by atoms with Crippen molar-refractivity contribution in [1.82, 2.24) is 4.90 Å². The van der Waals surface area contributed by atoms with Crippen LogP contribution in [0, 0.1) is 5.41 Å². The number of hydrogen-bond donors (Lipinski definition) is 1. The summed E-state index contributed by atoms with van der Waals surface area (Å²) in [4.78, 5) is 2.41. The zero-order valence-electron chi connectivity index (χ0n) is 13.4. The monoisotopic (exact) mass is 265 g/mol. The molecule has 0 aliphatic heterocycles. The predicted molar refractivity (Wildman–Crippen MR) is 83.4 cm³/mol. The minimum absolute atomic E-state index is 0.200. The van der Waals surface area contributed by atoms with Gasteiger partial charge in [0.25, 0.3) is 0 Å². The van der Waals surface area contributed by atoms with E-state index in [2.05, 4.69) is 51.7 Å². The molecule has 1 aliphatic carbocycles. The van der Waals surface area contributed by atoms with Crippen LogP contribution in [0.3, 0.4) is 0 Å². The van der Waals surface area contributed by atoms with Crippen molar-refractivity contribution in [2.75, 3.05) is 13.1 Å². The third-order valence-electron chi connectivity index (χ3n) is 4.13. The van der Waals surface area contributed by atoms with Crippen LogP contribution in [0.2, 0.25) is 0 Å². The lowest BCUT2D eigenvalue weighted by atomic mass is 9.87. The van der Waals surface area contributed by atoms with Crippen LogP contribution in [0.4, 0.5) is 0 Å². The molecule has 0 bridgehead atoms. The van der Waals surface area contributed by atoms with Gasteiger partial charge >= 0.3 is 0 Å². The summed E-state index contributed by atoms with van der Waals surface area (Å²) in [6.45, 7) is 13.1. The van der Waals surface area contributed by atoms with Crippen molar-refractivity contribution in [1.29, 1.82) is 0 Å². The minimum atomic E-state index is 0.200. The Kier molecular flexibility index (Phi) is 6.12. The Bertz CT molecular complexity index is 339.